The maximum absolute atomic E-state index is 10.9. The van der Waals surface area contributed by atoms with E-state index in [0.29, 0.717) is 0 Å². The zero-order valence-corrected chi connectivity index (χ0v) is 9.23. The minimum Gasteiger partial charge on any atom is -0.480 e. The van der Waals surface area contributed by atoms with Gasteiger partial charge in [-0.2, -0.15) is 0 Å². The molecule has 8 heteroatoms. The fourth-order valence-corrected chi connectivity index (χ4v) is 0.489. The molecular weight excluding hydrogens is 233 g/mol. The van der Waals surface area contributed by atoms with Crippen molar-refractivity contribution in [1.82, 2.24) is 5.32 Å². The van der Waals surface area contributed by atoms with Crippen LogP contribution in [0.2, 0.25) is 0 Å². The Balaban J connectivity index is -0.000000605. The quantitative estimate of drug-likeness (QED) is 0.493. The van der Waals surface area contributed by atoms with Crippen molar-refractivity contribution in [2.45, 2.75) is 19.0 Å². The largest absolute Gasteiger partial charge is 0.480 e. The van der Waals surface area contributed by atoms with E-state index in [1.54, 1.807) is 0 Å². The lowest BCUT2D eigenvalue weighted by Gasteiger charge is -2.12. The summed E-state index contributed by atoms with van der Waals surface area (Å²) in [4.78, 5) is 21.2. The fourth-order valence-electron chi connectivity index (χ4n) is 0.489. The van der Waals surface area contributed by atoms with Crippen LogP contribution in [0, 0.1) is 0 Å². The molecule has 0 unspecified atom stereocenters. The van der Waals surface area contributed by atoms with Crippen molar-refractivity contribution in [3.63, 3.8) is 0 Å². The van der Waals surface area contributed by atoms with Gasteiger partial charge in [0.25, 0.3) is 0 Å². The summed E-state index contributed by atoms with van der Waals surface area (Å²) in [5.41, 5.74) is 10.3. The summed E-state index contributed by atoms with van der Waals surface area (Å²) in [6, 6.07) is -1.78. The van der Waals surface area contributed by atoms with Gasteiger partial charge < -0.3 is 21.9 Å². The van der Waals surface area contributed by atoms with Crippen molar-refractivity contribution in [1.29, 1.82) is 0 Å². The van der Waals surface area contributed by atoms with Crippen LogP contribution in [0.3, 0.4) is 0 Å². The highest BCUT2D eigenvalue weighted by Crippen LogP contribution is 1.83. The molecule has 0 heterocycles. The molecule has 6 N–H and O–H groups in total. The Bertz CT molecular complexity index is 191. The second kappa shape index (κ2) is 9.01. The summed E-state index contributed by atoms with van der Waals surface area (Å²) < 4.78 is 0. The number of carboxylic acids is 1. The number of rotatable bonds is 4. The first-order chi connectivity index (χ1) is 5.49. The number of hydrogen-bond donors (Lipinski definition) is 4. The lowest BCUT2D eigenvalue weighted by Crippen LogP contribution is -2.50. The highest BCUT2D eigenvalue weighted by Gasteiger charge is 2.17. The highest BCUT2D eigenvalue weighted by atomic mass is 35.5. The van der Waals surface area contributed by atoms with Crippen LogP contribution in [0.15, 0.2) is 0 Å². The molecule has 0 aromatic carbocycles. The predicted molar refractivity (Wildman–Crippen MR) is 56.8 cm³/mol. The van der Waals surface area contributed by atoms with Gasteiger partial charge in [-0.25, -0.2) is 0 Å². The van der Waals surface area contributed by atoms with Crippen LogP contribution >= 0.6 is 24.8 Å². The average Bonchev–Trinajstić information content (AvgIpc) is 2.02. The standard InChI is InChI=1S/C6H13N3O3.2ClH/c1-3(6(11)12)9-5(10)4(8)2-7;;/h3-4H,2,7-8H2,1H3,(H,9,10)(H,11,12);2*1H/t3-,4-;;/m1../s1. The first-order valence-corrected chi connectivity index (χ1v) is 3.48. The van der Waals surface area contributed by atoms with Gasteiger partial charge in [0, 0.05) is 6.54 Å². The number of carbonyl (C=O) groups excluding carboxylic acids is 1. The molecule has 14 heavy (non-hydrogen) atoms. The number of carboxylic acid groups (broad SMARTS) is 1. The van der Waals surface area contributed by atoms with Crippen LogP contribution in [-0.4, -0.2) is 35.6 Å². The first-order valence-electron chi connectivity index (χ1n) is 3.48. The minimum absolute atomic E-state index is 0. The molecule has 2 atom stereocenters. The molecule has 0 fully saturated rings. The number of halogens is 2. The molecule has 86 valence electrons. The van der Waals surface area contributed by atoms with Crippen molar-refractivity contribution in [3.8, 4) is 0 Å². The monoisotopic (exact) mass is 247 g/mol. The molecule has 0 saturated heterocycles. The van der Waals surface area contributed by atoms with Crippen molar-refractivity contribution in [2.24, 2.45) is 11.5 Å². The predicted octanol–water partition coefficient (Wildman–Crippen LogP) is -1.29. The maximum atomic E-state index is 10.9. The van der Waals surface area contributed by atoms with E-state index in [2.05, 4.69) is 5.32 Å². The van der Waals surface area contributed by atoms with Crippen molar-refractivity contribution in [3.05, 3.63) is 0 Å². The third-order valence-electron chi connectivity index (χ3n) is 1.32. The SMILES string of the molecule is C[C@@H](NC(=O)[C@H](N)CN)C(=O)O.Cl.Cl. The van der Waals surface area contributed by atoms with Gasteiger partial charge in [-0.1, -0.05) is 0 Å². The van der Waals surface area contributed by atoms with Gasteiger partial charge in [-0.05, 0) is 6.92 Å². The molecule has 0 bridgehead atoms. The molecule has 0 aliphatic rings. The lowest BCUT2D eigenvalue weighted by molar-refractivity contribution is -0.141. The first kappa shape index (κ1) is 19.1. The number of amides is 1. The van der Waals surface area contributed by atoms with Gasteiger partial charge in [-0.3, -0.25) is 9.59 Å². The summed E-state index contributed by atoms with van der Waals surface area (Å²) in [5.74, 6) is -1.65. The van der Waals surface area contributed by atoms with E-state index in [1.807, 2.05) is 0 Å². The van der Waals surface area contributed by atoms with E-state index >= 15 is 0 Å². The summed E-state index contributed by atoms with van der Waals surface area (Å²) >= 11 is 0. The fraction of sp³-hybridized carbons (Fsp3) is 0.667. The van der Waals surface area contributed by atoms with E-state index in [0.717, 1.165) is 0 Å². The second-order valence-corrected chi connectivity index (χ2v) is 2.41. The highest BCUT2D eigenvalue weighted by molar-refractivity contribution is 5.86. The van der Waals surface area contributed by atoms with E-state index in [-0.39, 0.29) is 31.4 Å². The van der Waals surface area contributed by atoms with Crippen LogP contribution in [0.5, 0.6) is 0 Å². The Morgan fingerprint density at radius 1 is 1.43 bits per heavy atom. The molecule has 0 rings (SSSR count). The molecule has 6 nitrogen and oxygen atoms in total. The Morgan fingerprint density at radius 2 is 1.86 bits per heavy atom. The third kappa shape index (κ3) is 6.90. The van der Waals surface area contributed by atoms with Crippen LogP contribution in [0.4, 0.5) is 0 Å². The normalized spacial score (nSPS) is 12.8. The van der Waals surface area contributed by atoms with Crippen molar-refractivity contribution >= 4 is 36.7 Å². The Kier molecular flexibility index (Phi) is 12.3. The number of nitrogens with two attached hydrogens (primary N) is 2. The zero-order valence-electron chi connectivity index (χ0n) is 7.60. The van der Waals surface area contributed by atoms with Gasteiger partial charge in [-0.15, -0.1) is 24.8 Å². The topological polar surface area (TPSA) is 118 Å². The summed E-state index contributed by atoms with van der Waals surface area (Å²) in [5, 5.41) is 10.6. The smallest absolute Gasteiger partial charge is 0.325 e. The van der Waals surface area contributed by atoms with Crippen LogP contribution in [0.1, 0.15) is 6.92 Å². The van der Waals surface area contributed by atoms with Crippen LogP contribution in [0.25, 0.3) is 0 Å². The number of aliphatic carboxylic acids is 1. The van der Waals surface area contributed by atoms with Gasteiger partial charge in [0.2, 0.25) is 5.91 Å². The molecule has 0 aromatic rings. The second-order valence-electron chi connectivity index (χ2n) is 2.41. The summed E-state index contributed by atoms with van der Waals surface area (Å²) in [6.07, 6.45) is 0. The summed E-state index contributed by atoms with van der Waals surface area (Å²) in [6.45, 7) is 1.35. The van der Waals surface area contributed by atoms with Crippen molar-refractivity contribution < 1.29 is 14.7 Å². The maximum Gasteiger partial charge on any atom is 0.325 e. The third-order valence-corrected chi connectivity index (χ3v) is 1.32. The van der Waals surface area contributed by atoms with Gasteiger partial charge in [0.1, 0.15) is 6.04 Å². The van der Waals surface area contributed by atoms with E-state index < -0.39 is 24.0 Å². The average molecular weight is 248 g/mol. The van der Waals surface area contributed by atoms with Gasteiger partial charge in [0.15, 0.2) is 0 Å². The Morgan fingerprint density at radius 3 is 2.14 bits per heavy atom. The number of hydrogen-bond acceptors (Lipinski definition) is 4. The van der Waals surface area contributed by atoms with Crippen LogP contribution in [-0.2, 0) is 9.59 Å². The van der Waals surface area contributed by atoms with E-state index in [4.69, 9.17) is 16.6 Å². The van der Waals surface area contributed by atoms with Gasteiger partial charge in [0.05, 0.1) is 6.04 Å². The Labute approximate surface area is 94.2 Å². The molecule has 1 amide bonds. The summed E-state index contributed by atoms with van der Waals surface area (Å²) in [7, 11) is 0. The molecular formula is C6H15Cl2N3O3. The molecule has 0 aromatic heterocycles. The van der Waals surface area contributed by atoms with E-state index in [9.17, 15) is 9.59 Å². The van der Waals surface area contributed by atoms with Crippen LogP contribution < -0.4 is 16.8 Å². The Hall–Kier alpha value is -0.560. The molecule has 0 saturated carbocycles. The zero-order chi connectivity index (χ0) is 9.72. The van der Waals surface area contributed by atoms with Gasteiger partial charge >= 0.3 is 5.97 Å². The lowest BCUT2D eigenvalue weighted by atomic mass is 10.2. The van der Waals surface area contributed by atoms with Crippen molar-refractivity contribution in [2.75, 3.05) is 6.54 Å². The molecule has 0 aliphatic heterocycles. The number of nitrogens with one attached hydrogen (secondary N) is 1. The van der Waals surface area contributed by atoms with E-state index in [1.165, 1.54) is 6.92 Å². The molecule has 0 radical (unpaired) electrons. The number of carbonyl (C=O) groups is 2. The molecule has 0 aliphatic carbocycles. The minimum atomic E-state index is -1.10. The molecule has 0 spiro atoms.